The van der Waals surface area contributed by atoms with Gasteiger partial charge in [0, 0.05) is 12.0 Å². The molecule has 0 aromatic heterocycles. The summed E-state index contributed by atoms with van der Waals surface area (Å²) in [6, 6.07) is 0.229. The van der Waals surface area contributed by atoms with Crippen molar-refractivity contribution in [2.45, 2.75) is 25.5 Å². The summed E-state index contributed by atoms with van der Waals surface area (Å²) in [5, 5.41) is 0. The van der Waals surface area contributed by atoms with Crippen LogP contribution in [0.15, 0.2) is 36.1 Å². The van der Waals surface area contributed by atoms with Gasteiger partial charge in [-0.3, -0.25) is 0 Å². The second-order valence-corrected chi connectivity index (χ2v) is 3.76. The molecule has 3 unspecified atom stereocenters. The number of ether oxygens (including phenoxy) is 1. The van der Waals surface area contributed by atoms with Gasteiger partial charge in [-0.15, -0.1) is 0 Å². The summed E-state index contributed by atoms with van der Waals surface area (Å²) >= 11 is 0. The summed E-state index contributed by atoms with van der Waals surface area (Å²) < 4.78 is 5.42. The number of hydrogen-bond acceptors (Lipinski definition) is 2. The molecule has 2 aliphatic rings. The van der Waals surface area contributed by atoms with Crippen molar-refractivity contribution in [3.8, 4) is 0 Å². The van der Waals surface area contributed by atoms with Gasteiger partial charge in [-0.05, 0) is 25.5 Å². The van der Waals surface area contributed by atoms with Gasteiger partial charge in [-0.2, -0.15) is 0 Å². The monoisotopic (exact) mass is 177 g/mol. The summed E-state index contributed by atoms with van der Waals surface area (Å²) in [7, 11) is 0. The highest BCUT2D eigenvalue weighted by molar-refractivity contribution is 5.30. The first-order chi connectivity index (χ1) is 6.27. The molecule has 0 radical (unpaired) electrons. The van der Waals surface area contributed by atoms with Gasteiger partial charge in [0.2, 0.25) is 0 Å². The minimum atomic E-state index is 0.221. The average Bonchev–Trinajstić information content (AvgIpc) is 2.51. The fourth-order valence-electron chi connectivity index (χ4n) is 1.89. The smallest absolute Gasteiger partial charge is 0.126 e. The molecule has 0 amide bonds. The lowest BCUT2D eigenvalue weighted by Crippen LogP contribution is -2.23. The molecule has 1 aliphatic carbocycles. The van der Waals surface area contributed by atoms with Crippen LogP contribution in [0.5, 0.6) is 0 Å². The fourth-order valence-corrected chi connectivity index (χ4v) is 1.89. The maximum Gasteiger partial charge on any atom is 0.126 e. The van der Waals surface area contributed by atoms with Crippen molar-refractivity contribution < 1.29 is 4.74 Å². The van der Waals surface area contributed by atoms with Crippen molar-refractivity contribution in [1.82, 2.24) is 0 Å². The van der Waals surface area contributed by atoms with Gasteiger partial charge in [0.15, 0.2) is 0 Å². The lowest BCUT2D eigenvalue weighted by molar-refractivity contribution is 0.187. The Morgan fingerprint density at radius 1 is 1.54 bits per heavy atom. The predicted octanol–water partition coefficient (Wildman–Crippen LogP) is 1.75. The van der Waals surface area contributed by atoms with Crippen molar-refractivity contribution in [2.24, 2.45) is 11.7 Å². The molecule has 0 fully saturated rings. The Morgan fingerprint density at radius 3 is 3.15 bits per heavy atom. The normalized spacial score (nSPS) is 32.3. The fraction of sp³-hybridized carbons (Fsp3) is 0.455. The Morgan fingerprint density at radius 2 is 2.38 bits per heavy atom. The Bertz CT molecular complexity index is 276. The van der Waals surface area contributed by atoms with Crippen LogP contribution in [-0.2, 0) is 4.74 Å². The van der Waals surface area contributed by atoms with Crippen LogP contribution in [-0.4, -0.2) is 12.1 Å². The van der Waals surface area contributed by atoms with Crippen molar-refractivity contribution >= 4 is 0 Å². The number of rotatable bonds is 2. The van der Waals surface area contributed by atoms with E-state index in [4.69, 9.17) is 10.5 Å². The third-order valence-electron chi connectivity index (χ3n) is 2.47. The molecule has 0 spiro atoms. The quantitative estimate of drug-likeness (QED) is 0.697. The molecule has 13 heavy (non-hydrogen) atoms. The highest BCUT2D eigenvalue weighted by Crippen LogP contribution is 2.31. The minimum absolute atomic E-state index is 0.221. The molecule has 2 rings (SSSR count). The van der Waals surface area contributed by atoms with E-state index in [1.165, 1.54) is 5.57 Å². The lowest BCUT2D eigenvalue weighted by atomic mass is 9.86. The van der Waals surface area contributed by atoms with E-state index in [9.17, 15) is 0 Å². The lowest BCUT2D eigenvalue weighted by Gasteiger charge is -2.22. The van der Waals surface area contributed by atoms with Gasteiger partial charge in [0.05, 0.1) is 6.26 Å². The van der Waals surface area contributed by atoms with Gasteiger partial charge in [-0.25, -0.2) is 0 Å². The van der Waals surface area contributed by atoms with E-state index >= 15 is 0 Å². The molecule has 0 saturated heterocycles. The molecule has 70 valence electrons. The van der Waals surface area contributed by atoms with E-state index in [-0.39, 0.29) is 12.1 Å². The number of fused-ring (bicyclic) bond motifs is 1. The molecule has 2 heteroatoms. The van der Waals surface area contributed by atoms with Crippen LogP contribution in [0.1, 0.15) is 13.3 Å². The van der Waals surface area contributed by atoms with Crippen molar-refractivity contribution in [1.29, 1.82) is 0 Å². The molecule has 0 aromatic rings. The van der Waals surface area contributed by atoms with Crippen LogP contribution < -0.4 is 5.73 Å². The molecule has 0 saturated carbocycles. The summed E-state index contributed by atoms with van der Waals surface area (Å²) in [6.07, 6.45) is 11.4. The largest absolute Gasteiger partial charge is 0.493 e. The van der Waals surface area contributed by atoms with Crippen LogP contribution >= 0.6 is 0 Å². The van der Waals surface area contributed by atoms with E-state index in [0.29, 0.717) is 5.92 Å². The molecule has 1 heterocycles. The van der Waals surface area contributed by atoms with E-state index in [2.05, 4.69) is 24.3 Å². The first-order valence-electron chi connectivity index (χ1n) is 4.72. The standard InChI is InChI=1S/C11H15NO/c1-8(12)7-9-3-2-4-11-10(9)5-6-13-11/h2-6,8,10-11H,7,12H2,1H3. The SMILES string of the molecule is CC(N)CC1=CC=CC2OC=CC12. The van der Waals surface area contributed by atoms with E-state index < -0.39 is 0 Å². The highest BCUT2D eigenvalue weighted by Gasteiger charge is 2.27. The van der Waals surface area contributed by atoms with E-state index in [0.717, 1.165) is 6.42 Å². The van der Waals surface area contributed by atoms with Crippen molar-refractivity contribution in [3.05, 3.63) is 36.1 Å². The second kappa shape index (κ2) is 3.38. The van der Waals surface area contributed by atoms with Crippen LogP contribution in [0, 0.1) is 5.92 Å². The Hall–Kier alpha value is -1.02. The second-order valence-electron chi connectivity index (χ2n) is 3.76. The molecular formula is C11H15NO. The number of allylic oxidation sites excluding steroid dienone is 2. The maximum atomic E-state index is 5.78. The molecule has 3 atom stereocenters. The van der Waals surface area contributed by atoms with Gasteiger partial charge >= 0.3 is 0 Å². The van der Waals surface area contributed by atoms with Gasteiger partial charge in [0.1, 0.15) is 6.10 Å². The Labute approximate surface area is 78.8 Å². The predicted molar refractivity (Wildman–Crippen MR) is 53.0 cm³/mol. The highest BCUT2D eigenvalue weighted by atomic mass is 16.5. The van der Waals surface area contributed by atoms with Gasteiger partial charge < -0.3 is 10.5 Å². The van der Waals surface area contributed by atoms with Crippen molar-refractivity contribution in [2.75, 3.05) is 0 Å². The first-order valence-corrected chi connectivity index (χ1v) is 4.72. The third-order valence-corrected chi connectivity index (χ3v) is 2.47. The van der Waals surface area contributed by atoms with Crippen LogP contribution in [0.25, 0.3) is 0 Å². The Kier molecular flexibility index (Phi) is 2.23. The molecule has 2 N–H and O–H groups in total. The van der Waals surface area contributed by atoms with Crippen LogP contribution in [0.2, 0.25) is 0 Å². The van der Waals surface area contributed by atoms with E-state index in [1.807, 2.05) is 6.92 Å². The number of hydrogen-bond donors (Lipinski definition) is 1. The molecule has 0 aromatic carbocycles. The summed E-state index contributed by atoms with van der Waals surface area (Å²) in [5.74, 6) is 0.427. The number of nitrogens with two attached hydrogens (primary N) is 1. The van der Waals surface area contributed by atoms with Crippen LogP contribution in [0.4, 0.5) is 0 Å². The Balaban J connectivity index is 2.12. The molecule has 0 bridgehead atoms. The topological polar surface area (TPSA) is 35.2 Å². The summed E-state index contributed by atoms with van der Waals surface area (Å²) in [5.41, 5.74) is 7.16. The summed E-state index contributed by atoms with van der Waals surface area (Å²) in [4.78, 5) is 0. The molecule has 2 nitrogen and oxygen atoms in total. The minimum Gasteiger partial charge on any atom is -0.493 e. The van der Waals surface area contributed by atoms with Gasteiger partial charge in [-0.1, -0.05) is 17.7 Å². The maximum absolute atomic E-state index is 5.78. The average molecular weight is 177 g/mol. The zero-order valence-electron chi connectivity index (χ0n) is 7.81. The first kappa shape index (κ1) is 8.57. The zero-order chi connectivity index (χ0) is 9.26. The van der Waals surface area contributed by atoms with Crippen LogP contribution in [0.3, 0.4) is 0 Å². The van der Waals surface area contributed by atoms with Crippen molar-refractivity contribution in [3.63, 3.8) is 0 Å². The summed E-state index contributed by atoms with van der Waals surface area (Å²) in [6.45, 7) is 2.04. The molecule has 1 aliphatic heterocycles. The zero-order valence-corrected chi connectivity index (χ0v) is 7.81. The molecular weight excluding hydrogens is 162 g/mol. The van der Waals surface area contributed by atoms with Gasteiger partial charge in [0.25, 0.3) is 0 Å². The third kappa shape index (κ3) is 1.68. The van der Waals surface area contributed by atoms with E-state index in [1.54, 1.807) is 6.26 Å².